The molecule has 1 heterocycles. The summed E-state index contributed by atoms with van der Waals surface area (Å²) in [5.41, 5.74) is 1.06. The second kappa shape index (κ2) is 3.15. The standard InChI is InChI=1S/C9H7N.C/c1-2-6-9-8(4-1)5-3-7-10-9;/h1-7H;. The molecule has 0 aliphatic heterocycles. The molecule has 0 aliphatic carbocycles. The second-order valence-electron chi connectivity index (χ2n) is 2.20. The SMILES string of the molecule is [C].c1ccc2ncccc2c1. The van der Waals surface area contributed by atoms with Gasteiger partial charge < -0.3 is 0 Å². The van der Waals surface area contributed by atoms with Crippen LogP contribution < -0.4 is 0 Å². The Morgan fingerprint density at radius 3 is 2.45 bits per heavy atom. The Labute approximate surface area is 66.7 Å². The normalized spacial score (nSPS) is 9.09. The molecule has 2 rings (SSSR count). The van der Waals surface area contributed by atoms with Crippen LogP contribution in [0.1, 0.15) is 0 Å². The molecule has 0 saturated heterocycles. The zero-order valence-corrected chi connectivity index (χ0v) is 5.99. The summed E-state index contributed by atoms with van der Waals surface area (Å²) in [6.07, 6.45) is 1.81. The lowest BCUT2D eigenvalue weighted by Gasteiger charge is -1.91. The summed E-state index contributed by atoms with van der Waals surface area (Å²) in [4.78, 5) is 4.18. The summed E-state index contributed by atoms with van der Waals surface area (Å²) in [6.45, 7) is 0. The van der Waals surface area contributed by atoms with Crippen LogP contribution >= 0.6 is 0 Å². The Bertz CT molecular complexity index is 276. The van der Waals surface area contributed by atoms with E-state index >= 15 is 0 Å². The molecule has 0 amide bonds. The quantitative estimate of drug-likeness (QED) is 0.548. The number of hydrogen-bond donors (Lipinski definition) is 0. The van der Waals surface area contributed by atoms with E-state index in [-0.39, 0.29) is 7.43 Å². The summed E-state index contributed by atoms with van der Waals surface area (Å²) < 4.78 is 0. The van der Waals surface area contributed by atoms with Crippen LogP contribution in [-0.2, 0) is 0 Å². The Morgan fingerprint density at radius 1 is 0.909 bits per heavy atom. The van der Waals surface area contributed by atoms with Crippen molar-refractivity contribution >= 4 is 10.9 Å². The molecule has 0 N–H and O–H groups in total. The number of aromatic nitrogens is 1. The number of nitrogens with zero attached hydrogens (tertiary/aromatic N) is 1. The van der Waals surface area contributed by atoms with E-state index in [1.165, 1.54) is 5.39 Å². The molecular weight excluding hydrogens is 134 g/mol. The van der Waals surface area contributed by atoms with Crippen LogP contribution in [0.5, 0.6) is 0 Å². The van der Waals surface area contributed by atoms with E-state index in [9.17, 15) is 0 Å². The topological polar surface area (TPSA) is 12.9 Å². The predicted molar refractivity (Wildman–Crippen MR) is 45.0 cm³/mol. The van der Waals surface area contributed by atoms with Crippen LogP contribution in [0.4, 0.5) is 0 Å². The molecule has 0 unspecified atom stereocenters. The number of pyridine rings is 1. The zero-order chi connectivity index (χ0) is 6.81. The predicted octanol–water partition coefficient (Wildman–Crippen LogP) is 2.32. The van der Waals surface area contributed by atoms with E-state index in [0.717, 1.165) is 5.52 Å². The van der Waals surface area contributed by atoms with E-state index in [1.807, 2.05) is 30.5 Å². The van der Waals surface area contributed by atoms with Crippen molar-refractivity contribution in [3.05, 3.63) is 50.0 Å². The van der Waals surface area contributed by atoms with Crippen molar-refractivity contribution in [1.29, 1.82) is 0 Å². The summed E-state index contributed by atoms with van der Waals surface area (Å²) in [7, 11) is 0. The first-order valence-electron chi connectivity index (χ1n) is 3.26. The molecule has 0 fully saturated rings. The van der Waals surface area contributed by atoms with Crippen LogP contribution in [0.15, 0.2) is 42.6 Å². The maximum atomic E-state index is 4.18. The number of benzene rings is 1. The van der Waals surface area contributed by atoms with Gasteiger partial charge in [0, 0.05) is 19.0 Å². The Balaban J connectivity index is 0.000000605. The van der Waals surface area contributed by atoms with Crippen molar-refractivity contribution in [1.82, 2.24) is 4.98 Å². The van der Waals surface area contributed by atoms with Gasteiger partial charge in [-0.3, -0.25) is 4.98 Å². The van der Waals surface area contributed by atoms with Crippen molar-refractivity contribution in [3.8, 4) is 0 Å². The van der Waals surface area contributed by atoms with Crippen molar-refractivity contribution in [2.45, 2.75) is 0 Å². The van der Waals surface area contributed by atoms with E-state index in [4.69, 9.17) is 0 Å². The first-order valence-corrected chi connectivity index (χ1v) is 3.26. The lowest BCUT2D eigenvalue weighted by atomic mass is 10.2. The highest BCUT2D eigenvalue weighted by molar-refractivity contribution is 5.77. The summed E-state index contributed by atoms with van der Waals surface area (Å²) in [5, 5.41) is 1.20. The fourth-order valence-electron chi connectivity index (χ4n) is 1.02. The first kappa shape index (κ1) is 7.73. The number of fused-ring (bicyclic) bond motifs is 1. The molecule has 2 aromatic rings. The van der Waals surface area contributed by atoms with Gasteiger partial charge in [-0.2, -0.15) is 0 Å². The van der Waals surface area contributed by atoms with Crippen LogP contribution in [0.3, 0.4) is 0 Å². The van der Waals surface area contributed by atoms with Gasteiger partial charge in [0.15, 0.2) is 0 Å². The zero-order valence-electron chi connectivity index (χ0n) is 5.99. The van der Waals surface area contributed by atoms with Crippen molar-refractivity contribution in [3.63, 3.8) is 0 Å². The Hall–Kier alpha value is -1.37. The molecule has 0 spiro atoms. The molecule has 0 bridgehead atoms. The van der Waals surface area contributed by atoms with Gasteiger partial charge in [-0.15, -0.1) is 0 Å². The molecule has 1 heteroatoms. The molecule has 4 radical (unpaired) electrons. The molecule has 0 saturated carbocycles. The van der Waals surface area contributed by atoms with Gasteiger partial charge in [0.25, 0.3) is 0 Å². The number of rotatable bonds is 0. The molecule has 1 aromatic carbocycles. The molecule has 1 nitrogen and oxygen atoms in total. The molecule has 1 aromatic heterocycles. The Kier molecular flexibility index (Phi) is 2.21. The van der Waals surface area contributed by atoms with Crippen LogP contribution in [0.25, 0.3) is 10.9 Å². The highest BCUT2D eigenvalue weighted by Gasteiger charge is 1.86. The van der Waals surface area contributed by atoms with Crippen LogP contribution in [0.2, 0.25) is 0 Å². The highest BCUT2D eigenvalue weighted by atomic mass is 14.6. The highest BCUT2D eigenvalue weighted by Crippen LogP contribution is 2.07. The minimum atomic E-state index is 0. The van der Waals surface area contributed by atoms with Gasteiger partial charge in [-0.1, -0.05) is 24.3 Å². The van der Waals surface area contributed by atoms with E-state index < -0.39 is 0 Å². The van der Waals surface area contributed by atoms with Crippen molar-refractivity contribution in [2.75, 3.05) is 0 Å². The summed E-state index contributed by atoms with van der Waals surface area (Å²) >= 11 is 0. The van der Waals surface area contributed by atoms with Crippen LogP contribution in [0, 0.1) is 7.43 Å². The average molecular weight is 141 g/mol. The maximum Gasteiger partial charge on any atom is 0.0701 e. The fraction of sp³-hybridized carbons (Fsp3) is 0. The monoisotopic (exact) mass is 141 g/mol. The van der Waals surface area contributed by atoms with E-state index in [1.54, 1.807) is 0 Å². The van der Waals surface area contributed by atoms with Gasteiger partial charge in [0.1, 0.15) is 0 Å². The van der Waals surface area contributed by atoms with Crippen LogP contribution in [-0.4, -0.2) is 4.98 Å². The van der Waals surface area contributed by atoms with Gasteiger partial charge in [-0.25, -0.2) is 0 Å². The molecule has 52 valence electrons. The lowest BCUT2D eigenvalue weighted by Crippen LogP contribution is -1.73. The van der Waals surface area contributed by atoms with Gasteiger partial charge in [-0.05, 0) is 12.1 Å². The third-order valence-corrected chi connectivity index (χ3v) is 1.51. The van der Waals surface area contributed by atoms with Crippen molar-refractivity contribution in [2.24, 2.45) is 0 Å². The number of hydrogen-bond acceptors (Lipinski definition) is 1. The van der Waals surface area contributed by atoms with Gasteiger partial charge in [0.05, 0.1) is 5.52 Å². The number of para-hydroxylation sites is 1. The summed E-state index contributed by atoms with van der Waals surface area (Å²) in [5.74, 6) is 0. The maximum absolute atomic E-state index is 4.18. The average Bonchev–Trinajstić information content (AvgIpc) is 2.05. The fourth-order valence-corrected chi connectivity index (χ4v) is 1.02. The molecular formula is C10H7N. The Morgan fingerprint density at radius 2 is 1.64 bits per heavy atom. The lowest BCUT2D eigenvalue weighted by molar-refractivity contribution is 1.41. The third-order valence-electron chi connectivity index (χ3n) is 1.51. The summed E-state index contributed by atoms with van der Waals surface area (Å²) in [6, 6.07) is 12.1. The first-order chi connectivity index (χ1) is 4.97. The smallest absolute Gasteiger partial charge is 0.0701 e. The van der Waals surface area contributed by atoms with E-state index in [0.29, 0.717) is 0 Å². The molecule has 11 heavy (non-hydrogen) atoms. The molecule has 0 aliphatic rings. The largest absolute Gasteiger partial charge is 0.256 e. The van der Waals surface area contributed by atoms with Gasteiger partial charge >= 0.3 is 0 Å². The minimum absolute atomic E-state index is 0. The molecule has 0 atom stereocenters. The van der Waals surface area contributed by atoms with Gasteiger partial charge in [0.2, 0.25) is 0 Å². The van der Waals surface area contributed by atoms with Crippen molar-refractivity contribution < 1.29 is 0 Å². The minimum Gasteiger partial charge on any atom is -0.256 e. The third kappa shape index (κ3) is 1.37. The van der Waals surface area contributed by atoms with E-state index in [2.05, 4.69) is 17.1 Å². The second-order valence-corrected chi connectivity index (χ2v) is 2.20.